The molecule has 0 aliphatic heterocycles. The summed E-state index contributed by atoms with van der Waals surface area (Å²) in [5, 5.41) is 8.21. The second-order valence-corrected chi connectivity index (χ2v) is 4.90. The predicted molar refractivity (Wildman–Crippen MR) is 74.9 cm³/mol. The number of Topliss-reactive ketones (excluding diaryl/α,β-unsaturated/α-hetero) is 1. The van der Waals surface area contributed by atoms with E-state index in [4.69, 9.17) is 0 Å². The highest BCUT2D eigenvalue weighted by atomic mass is 16.1. The lowest BCUT2D eigenvalue weighted by atomic mass is 10.1. The van der Waals surface area contributed by atoms with Crippen molar-refractivity contribution < 1.29 is 4.79 Å². The van der Waals surface area contributed by atoms with Crippen molar-refractivity contribution in [3.05, 3.63) is 24.4 Å². The molecule has 0 radical (unpaired) electrons. The van der Waals surface area contributed by atoms with Crippen molar-refractivity contribution in [1.29, 1.82) is 0 Å². The Hall–Kier alpha value is -2.11. The maximum Gasteiger partial charge on any atom is 0.129 e. The lowest BCUT2D eigenvalue weighted by Gasteiger charge is -1.99. The zero-order valence-corrected chi connectivity index (χ0v) is 11.9. The Morgan fingerprint density at radius 1 is 1.20 bits per heavy atom. The molecular formula is C14H19N5O. The number of hydrogen-bond donors (Lipinski definition) is 0. The van der Waals surface area contributed by atoms with Crippen molar-refractivity contribution in [2.45, 2.75) is 46.1 Å². The minimum atomic E-state index is 0.257. The summed E-state index contributed by atoms with van der Waals surface area (Å²) in [6.45, 7) is 4.30. The van der Waals surface area contributed by atoms with Gasteiger partial charge in [0.25, 0.3) is 0 Å². The molecule has 2 heterocycles. The second-order valence-electron chi connectivity index (χ2n) is 4.90. The first-order valence-corrected chi connectivity index (χ1v) is 6.84. The van der Waals surface area contributed by atoms with Gasteiger partial charge in [-0.05, 0) is 26.7 Å². The third-order valence-corrected chi connectivity index (χ3v) is 3.03. The average molecular weight is 273 g/mol. The van der Waals surface area contributed by atoms with Gasteiger partial charge in [0, 0.05) is 30.9 Å². The third kappa shape index (κ3) is 4.22. The summed E-state index contributed by atoms with van der Waals surface area (Å²) in [6.07, 6.45) is 9.06. The molecule has 2 rings (SSSR count). The number of carbonyl (C=O) groups excluding carboxylic acids is 1. The van der Waals surface area contributed by atoms with E-state index in [0.29, 0.717) is 6.42 Å². The van der Waals surface area contributed by atoms with Crippen LogP contribution in [-0.2, 0) is 11.3 Å². The number of nitrogens with zero attached hydrogens (tertiary/aromatic N) is 5. The number of aromatic nitrogens is 5. The largest absolute Gasteiger partial charge is 0.300 e. The number of rotatable bonds is 7. The van der Waals surface area contributed by atoms with Crippen LogP contribution < -0.4 is 0 Å². The van der Waals surface area contributed by atoms with Gasteiger partial charge in [0.15, 0.2) is 0 Å². The van der Waals surface area contributed by atoms with Crippen molar-refractivity contribution in [1.82, 2.24) is 25.0 Å². The summed E-state index contributed by atoms with van der Waals surface area (Å²) in [4.78, 5) is 19.1. The zero-order chi connectivity index (χ0) is 14.4. The maximum absolute atomic E-state index is 10.8. The number of unbranched alkanes of at least 4 members (excludes halogenated alkanes) is 2. The fourth-order valence-corrected chi connectivity index (χ4v) is 1.89. The van der Waals surface area contributed by atoms with Crippen LogP contribution in [0.4, 0.5) is 0 Å². The van der Waals surface area contributed by atoms with Gasteiger partial charge in [0.2, 0.25) is 0 Å². The van der Waals surface area contributed by atoms with Crippen LogP contribution in [0, 0.1) is 6.92 Å². The topological polar surface area (TPSA) is 73.6 Å². The monoisotopic (exact) mass is 273 g/mol. The molecule has 0 aromatic carbocycles. The van der Waals surface area contributed by atoms with E-state index >= 15 is 0 Å². The molecular weight excluding hydrogens is 254 g/mol. The maximum atomic E-state index is 10.8. The van der Waals surface area contributed by atoms with Crippen LogP contribution in [0.3, 0.4) is 0 Å². The molecule has 20 heavy (non-hydrogen) atoms. The predicted octanol–water partition coefficient (Wildman–Crippen LogP) is 2.19. The van der Waals surface area contributed by atoms with Gasteiger partial charge in [-0.15, -0.1) is 5.10 Å². The van der Waals surface area contributed by atoms with Gasteiger partial charge in [0.05, 0.1) is 6.20 Å². The number of carbonyl (C=O) groups is 1. The molecule has 6 nitrogen and oxygen atoms in total. The fourth-order valence-electron chi connectivity index (χ4n) is 1.89. The number of hydrogen-bond acceptors (Lipinski definition) is 5. The minimum absolute atomic E-state index is 0.257. The van der Waals surface area contributed by atoms with Gasteiger partial charge in [-0.25, -0.2) is 9.97 Å². The van der Waals surface area contributed by atoms with Crippen molar-refractivity contribution in [2.75, 3.05) is 0 Å². The summed E-state index contributed by atoms with van der Waals surface area (Å²) in [6, 6.07) is 0. The molecule has 0 aliphatic rings. The molecule has 0 spiro atoms. The summed E-state index contributed by atoms with van der Waals surface area (Å²) in [7, 11) is 0. The van der Waals surface area contributed by atoms with Crippen LogP contribution in [0.25, 0.3) is 11.3 Å². The first-order chi connectivity index (χ1) is 9.65. The molecule has 2 aromatic heterocycles. The Labute approximate surface area is 118 Å². The molecule has 0 saturated heterocycles. The van der Waals surface area contributed by atoms with Crippen LogP contribution >= 0.6 is 0 Å². The van der Waals surface area contributed by atoms with Crippen LogP contribution in [0.1, 0.15) is 38.4 Å². The van der Waals surface area contributed by atoms with E-state index in [9.17, 15) is 4.79 Å². The van der Waals surface area contributed by atoms with E-state index in [-0.39, 0.29) is 5.78 Å². The normalized spacial score (nSPS) is 10.7. The van der Waals surface area contributed by atoms with E-state index in [2.05, 4.69) is 20.3 Å². The number of aryl methyl sites for hydroxylation is 2. The van der Waals surface area contributed by atoms with Crippen LogP contribution in [0.5, 0.6) is 0 Å². The summed E-state index contributed by atoms with van der Waals surface area (Å²) >= 11 is 0. The third-order valence-electron chi connectivity index (χ3n) is 3.03. The Morgan fingerprint density at radius 2 is 1.95 bits per heavy atom. The molecule has 2 aromatic rings. The van der Waals surface area contributed by atoms with Gasteiger partial charge in [-0.1, -0.05) is 11.6 Å². The molecule has 0 N–H and O–H groups in total. The highest BCUT2D eigenvalue weighted by Gasteiger charge is 2.04. The molecule has 0 aliphatic carbocycles. The first-order valence-electron chi connectivity index (χ1n) is 6.84. The SMILES string of the molecule is CC(=O)CCCCCn1cc(-c2cnc(C)nc2)nn1. The Morgan fingerprint density at radius 3 is 2.65 bits per heavy atom. The molecule has 0 bridgehead atoms. The molecule has 0 fully saturated rings. The summed E-state index contributed by atoms with van der Waals surface area (Å²) in [5.74, 6) is 0.999. The van der Waals surface area contributed by atoms with Crippen molar-refractivity contribution in [3.8, 4) is 11.3 Å². The van der Waals surface area contributed by atoms with Crippen LogP contribution in [0.2, 0.25) is 0 Å². The van der Waals surface area contributed by atoms with Gasteiger partial charge < -0.3 is 4.79 Å². The minimum Gasteiger partial charge on any atom is -0.300 e. The zero-order valence-electron chi connectivity index (χ0n) is 11.9. The second kappa shape index (κ2) is 6.88. The van der Waals surface area contributed by atoms with Gasteiger partial charge in [-0.2, -0.15) is 0 Å². The lowest BCUT2D eigenvalue weighted by Crippen LogP contribution is -1.99. The van der Waals surface area contributed by atoms with E-state index in [1.807, 2.05) is 17.8 Å². The van der Waals surface area contributed by atoms with Gasteiger partial charge in [-0.3, -0.25) is 4.68 Å². The van der Waals surface area contributed by atoms with E-state index < -0.39 is 0 Å². The van der Waals surface area contributed by atoms with E-state index in [1.165, 1.54) is 0 Å². The van der Waals surface area contributed by atoms with Gasteiger partial charge in [0.1, 0.15) is 17.3 Å². The summed E-state index contributed by atoms with van der Waals surface area (Å²) < 4.78 is 1.82. The van der Waals surface area contributed by atoms with Crippen molar-refractivity contribution in [3.63, 3.8) is 0 Å². The molecule has 0 atom stereocenters. The molecule has 0 amide bonds. The molecule has 6 heteroatoms. The van der Waals surface area contributed by atoms with Crippen molar-refractivity contribution in [2.24, 2.45) is 0 Å². The fraction of sp³-hybridized carbons (Fsp3) is 0.500. The molecule has 0 saturated carbocycles. The Bertz CT molecular complexity index is 561. The highest BCUT2D eigenvalue weighted by molar-refractivity contribution is 5.75. The molecule has 106 valence electrons. The van der Waals surface area contributed by atoms with Crippen LogP contribution in [0.15, 0.2) is 18.6 Å². The standard InChI is InChI=1S/C14H19N5O/c1-11(20)6-4-3-5-7-19-10-14(17-18-19)13-8-15-12(2)16-9-13/h8-10H,3-7H2,1-2H3. The molecule has 0 unspecified atom stereocenters. The number of ketones is 1. The Balaban J connectivity index is 1.83. The smallest absolute Gasteiger partial charge is 0.129 e. The van der Waals surface area contributed by atoms with Crippen molar-refractivity contribution >= 4 is 5.78 Å². The van der Waals surface area contributed by atoms with E-state index in [0.717, 1.165) is 42.9 Å². The van der Waals surface area contributed by atoms with Crippen LogP contribution in [-0.4, -0.2) is 30.7 Å². The average Bonchev–Trinajstić information content (AvgIpc) is 2.87. The lowest BCUT2D eigenvalue weighted by molar-refractivity contribution is -0.117. The highest BCUT2D eigenvalue weighted by Crippen LogP contribution is 2.13. The Kier molecular flexibility index (Phi) is 4.92. The van der Waals surface area contributed by atoms with E-state index in [1.54, 1.807) is 19.3 Å². The quantitative estimate of drug-likeness (QED) is 0.723. The van der Waals surface area contributed by atoms with Gasteiger partial charge >= 0.3 is 0 Å². The summed E-state index contributed by atoms with van der Waals surface area (Å²) in [5.41, 5.74) is 1.66. The first kappa shape index (κ1) is 14.3.